The molecule has 14 heteroatoms. The first-order valence-corrected chi connectivity index (χ1v) is 44.4. The van der Waals surface area contributed by atoms with Crippen LogP contribution in [-0.2, 0) is 23.7 Å². The predicted molar refractivity (Wildman–Crippen MR) is 420 cm³/mol. The van der Waals surface area contributed by atoms with E-state index in [-0.39, 0.29) is 18.9 Å². The molecule has 2 rings (SSSR count). The first-order chi connectivity index (χ1) is 49.6. The van der Waals surface area contributed by atoms with Gasteiger partial charge in [-0.3, -0.25) is 4.79 Å². The highest BCUT2D eigenvalue weighted by atomic mass is 16.7. The Morgan fingerprint density at radius 1 is 0.347 bits per heavy atom. The Morgan fingerprint density at radius 2 is 0.614 bits per heavy atom. The van der Waals surface area contributed by atoms with E-state index in [4.69, 9.17) is 18.9 Å². The second-order valence-corrected chi connectivity index (χ2v) is 31.7. The van der Waals surface area contributed by atoms with E-state index in [0.717, 1.165) is 44.9 Å². The van der Waals surface area contributed by atoms with Gasteiger partial charge in [-0.2, -0.15) is 0 Å². The van der Waals surface area contributed by atoms with Crippen molar-refractivity contribution in [3.05, 3.63) is 12.2 Å². The van der Waals surface area contributed by atoms with Crippen molar-refractivity contribution >= 4 is 5.91 Å². The minimum atomic E-state index is -1.79. The van der Waals surface area contributed by atoms with Crippen molar-refractivity contribution in [1.29, 1.82) is 0 Å². The molecule has 0 bridgehead atoms. The summed E-state index contributed by atoms with van der Waals surface area (Å²) in [4.78, 5) is 13.4. The third-order valence-electron chi connectivity index (χ3n) is 22.2. The zero-order chi connectivity index (χ0) is 73.0. The van der Waals surface area contributed by atoms with Gasteiger partial charge < -0.3 is 65.1 Å². The number of allylic oxidation sites excluding steroid dienone is 1. The summed E-state index contributed by atoms with van der Waals surface area (Å²) in [6, 6.07) is -0.913. The first kappa shape index (κ1) is 95.8. The van der Waals surface area contributed by atoms with Crippen LogP contribution < -0.4 is 5.32 Å². The number of aliphatic hydroxyl groups is 8. The average Bonchev–Trinajstić information content (AvgIpc) is 0.792. The van der Waals surface area contributed by atoms with Crippen LogP contribution in [0.4, 0.5) is 0 Å². The molecular weight excluding hydrogens is 1270 g/mol. The molecule has 0 aromatic heterocycles. The predicted octanol–water partition coefficient (Wildman–Crippen LogP) is 21.2. The lowest BCUT2D eigenvalue weighted by Crippen LogP contribution is -2.65. The lowest BCUT2D eigenvalue weighted by Gasteiger charge is -2.46. The standard InChI is InChI=1S/C87H169NO13/c1-3-5-7-9-11-13-15-17-19-21-23-25-27-29-31-33-35-37-38-39-41-43-45-47-49-51-53-55-57-59-61-63-65-67-69-71-79(92)88-75(74-98-86-84(97)82(95)85(78(73-90)100-86)101-87-83(96)81(94)80(93)77(72-89)99-87)76(91)70-68-66-64-62-60-58-56-54-52-50-48-46-44-42-40-36-34-32-30-28-26-24-22-20-18-16-14-12-10-8-6-4-2/h68,70,75-78,80-87,89-91,93-97H,3-67,69,71-74H2,1-2H3,(H,88,92)/b70-68+. The Hall–Kier alpha value is -1.27. The van der Waals surface area contributed by atoms with E-state index in [1.807, 2.05) is 6.08 Å². The highest BCUT2D eigenvalue weighted by molar-refractivity contribution is 5.76. The highest BCUT2D eigenvalue weighted by Crippen LogP contribution is 2.31. The Bertz CT molecular complexity index is 1740. The molecule has 9 N–H and O–H groups in total. The van der Waals surface area contributed by atoms with Gasteiger partial charge in [-0.05, 0) is 19.3 Å². The zero-order valence-corrected chi connectivity index (χ0v) is 66.2. The molecule has 0 saturated carbocycles. The number of carbonyl (C=O) groups excluding carboxylic acids is 1. The molecule has 12 unspecified atom stereocenters. The number of nitrogens with one attached hydrogen (secondary N) is 1. The number of amides is 1. The van der Waals surface area contributed by atoms with E-state index in [1.165, 1.54) is 379 Å². The van der Waals surface area contributed by atoms with Crippen LogP contribution in [0.3, 0.4) is 0 Å². The van der Waals surface area contributed by atoms with Crippen molar-refractivity contribution in [2.75, 3.05) is 19.8 Å². The molecule has 0 aromatic rings. The fraction of sp³-hybridized carbons (Fsp3) is 0.966. The molecule has 2 aliphatic rings. The largest absolute Gasteiger partial charge is 0.394 e. The van der Waals surface area contributed by atoms with Gasteiger partial charge in [-0.15, -0.1) is 0 Å². The third kappa shape index (κ3) is 54.1. The average molecular weight is 1440 g/mol. The van der Waals surface area contributed by atoms with Crippen LogP contribution in [0.1, 0.15) is 444 Å². The van der Waals surface area contributed by atoms with Crippen molar-refractivity contribution < 1.29 is 64.6 Å². The summed E-state index contributed by atoms with van der Waals surface area (Å²) in [5.74, 6) is -0.227. The second-order valence-electron chi connectivity index (χ2n) is 31.7. The van der Waals surface area contributed by atoms with Gasteiger partial charge >= 0.3 is 0 Å². The van der Waals surface area contributed by atoms with Crippen LogP contribution in [0, 0.1) is 0 Å². The minimum absolute atomic E-state index is 0.227. The van der Waals surface area contributed by atoms with Crippen molar-refractivity contribution in [2.24, 2.45) is 0 Å². The molecule has 2 aliphatic heterocycles. The topological polar surface area (TPSA) is 228 Å². The molecule has 2 fully saturated rings. The quantitative estimate of drug-likeness (QED) is 0.0204. The Kier molecular flexibility index (Phi) is 68.0. The monoisotopic (exact) mass is 1440 g/mol. The van der Waals surface area contributed by atoms with Gasteiger partial charge in [0.25, 0.3) is 0 Å². The van der Waals surface area contributed by atoms with E-state index in [9.17, 15) is 45.6 Å². The number of hydrogen-bond acceptors (Lipinski definition) is 13. The molecule has 2 heterocycles. The Balaban J connectivity index is 1.57. The fourth-order valence-corrected chi connectivity index (χ4v) is 15.2. The van der Waals surface area contributed by atoms with Crippen LogP contribution in [0.25, 0.3) is 0 Å². The van der Waals surface area contributed by atoms with Crippen molar-refractivity contribution in [2.45, 2.75) is 518 Å². The van der Waals surface area contributed by atoms with E-state index < -0.39 is 86.8 Å². The number of rotatable bonds is 77. The van der Waals surface area contributed by atoms with Crippen LogP contribution in [0.15, 0.2) is 12.2 Å². The Labute approximate surface area is 622 Å². The number of hydrogen-bond donors (Lipinski definition) is 9. The van der Waals surface area contributed by atoms with Gasteiger partial charge in [0, 0.05) is 6.42 Å². The van der Waals surface area contributed by atoms with Gasteiger partial charge in [0.15, 0.2) is 12.6 Å². The number of carbonyl (C=O) groups is 1. The number of aliphatic hydroxyl groups excluding tert-OH is 8. The fourth-order valence-electron chi connectivity index (χ4n) is 15.2. The van der Waals surface area contributed by atoms with Gasteiger partial charge in [0.2, 0.25) is 5.91 Å². The maximum absolute atomic E-state index is 13.4. The smallest absolute Gasteiger partial charge is 0.220 e. The zero-order valence-electron chi connectivity index (χ0n) is 66.2. The van der Waals surface area contributed by atoms with Crippen molar-refractivity contribution in [3.63, 3.8) is 0 Å². The maximum Gasteiger partial charge on any atom is 0.220 e. The first-order valence-electron chi connectivity index (χ1n) is 44.4. The Morgan fingerprint density at radius 3 is 0.911 bits per heavy atom. The van der Waals surface area contributed by atoms with Crippen molar-refractivity contribution in [1.82, 2.24) is 5.32 Å². The summed E-state index contributed by atoms with van der Waals surface area (Å²) in [5.41, 5.74) is 0. The SMILES string of the molecule is CCCCCCCCCCCCCCCCCCCCCCCCCCCCCCCC/C=C/C(O)C(COC1OC(CO)C(OC2OC(CO)C(O)C(O)C2O)C(O)C1O)NC(=O)CCCCCCCCCCCCCCCCCCCCCCCCCCCCCCCCCCCCC. The summed E-state index contributed by atoms with van der Waals surface area (Å²) in [7, 11) is 0. The maximum atomic E-state index is 13.4. The highest BCUT2D eigenvalue weighted by Gasteiger charge is 2.51. The van der Waals surface area contributed by atoms with Gasteiger partial charge in [-0.1, -0.05) is 431 Å². The molecule has 0 radical (unpaired) electrons. The molecule has 14 nitrogen and oxygen atoms in total. The lowest BCUT2D eigenvalue weighted by atomic mass is 9.97. The molecule has 2 saturated heterocycles. The lowest BCUT2D eigenvalue weighted by molar-refractivity contribution is -0.359. The van der Waals surface area contributed by atoms with Gasteiger partial charge in [-0.25, -0.2) is 0 Å². The van der Waals surface area contributed by atoms with E-state index in [2.05, 4.69) is 19.2 Å². The molecule has 0 aromatic carbocycles. The summed E-state index contributed by atoms with van der Waals surface area (Å²) in [5, 5.41) is 87.8. The molecule has 12 atom stereocenters. The van der Waals surface area contributed by atoms with E-state index in [1.54, 1.807) is 6.08 Å². The molecule has 101 heavy (non-hydrogen) atoms. The molecule has 1 amide bonds. The number of ether oxygens (including phenoxy) is 4. The van der Waals surface area contributed by atoms with Crippen LogP contribution in [-0.4, -0.2) is 140 Å². The number of unbranched alkanes of at least 4 members (excludes halogenated alkanes) is 64. The van der Waals surface area contributed by atoms with Crippen molar-refractivity contribution in [3.8, 4) is 0 Å². The molecule has 600 valence electrons. The summed E-state index contributed by atoms with van der Waals surface area (Å²) >= 11 is 0. The normalized spacial score (nSPS) is 21.7. The van der Waals surface area contributed by atoms with E-state index >= 15 is 0 Å². The summed E-state index contributed by atoms with van der Waals surface area (Å²) < 4.78 is 23.0. The molecular formula is C87H169NO13. The second kappa shape index (κ2) is 71.6. The van der Waals surface area contributed by atoms with Gasteiger partial charge in [0.1, 0.15) is 48.8 Å². The molecule has 0 aliphatic carbocycles. The van der Waals surface area contributed by atoms with E-state index in [0.29, 0.717) is 0 Å². The summed E-state index contributed by atoms with van der Waals surface area (Å²) in [6.07, 6.45) is 76.2. The summed E-state index contributed by atoms with van der Waals surface area (Å²) in [6.45, 7) is 2.89. The van der Waals surface area contributed by atoms with Crippen LogP contribution >= 0.6 is 0 Å². The van der Waals surface area contributed by atoms with Gasteiger partial charge in [0.05, 0.1) is 32.0 Å². The minimum Gasteiger partial charge on any atom is -0.394 e. The van der Waals surface area contributed by atoms with Crippen LogP contribution in [0.2, 0.25) is 0 Å². The molecule has 0 spiro atoms. The van der Waals surface area contributed by atoms with Crippen LogP contribution in [0.5, 0.6) is 0 Å². The third-order valence-corrected chi connectivity index (χ3v) is 22.2.